The van der Waals surface area contributed by atoms with Gasteiger partial charge in [-0.1, -0.05) is 369 Å². The number of nitrogens with zero attached hydrogens (tertiary/aromatic N) is 1. The van der Waals surface area contributed by atoms with Gasteiger partial charge in [-0.2, -0.15) is 0 Å². The summed E-state index contributed by atoms with van der Waals surface area (Å²) in [6.45, 7) is 4.21. The number of quaternary nitrogens is 1. The SMILES string of the molecule is CC/C=C\C/C=C\C/C=C\C/C=C\C/C=C\C/C=C\C/C=C\C/C=C\C/C=C\CCCCCCCCCCCC(=O)OC(COC(=O)CCCCCCCCCCCCCCCCCCCCCCCC/C=C\C/C=C\C/C=C\C/C=C\C/C=C\C/C=C\CC)COP(=O)(O)OCC[N+](C)(C)C. The number of hydrogen-bond donors (Lipinski definition) is 1. The van der Waals surface area contributed by atoms with Crippen molar-refractivity contribution < 1.29 is 42.1 Å². The lowest BCUT2D eigenvalue weighted by Crippen LogP contribution is -2.37. The van der Waals surface area contributed by atoms with Crippen molar-refractivity contribution in [1.29, 1.82) is 0 Å². The van der Waals surface area contributed by atoms with E-state index in [2.05, 4.69) is 196 Å². The molecule has 0 saturated carbocycles. The molecule has 102 heavy (non-hydrogen) atoms. The van der Waals surface area contributed by atoms with Gasteiger partial charge in [-0.15, -0.1) is 0 Å². The Balaban J connectivity index is 4.00. The van der Waals surface area contributed by atoms with Gasteiger partial charge in [0.25, 0.3) is 0 Å². The number of unbranched alkanes of at least 4 members (excludes halogenated alkanes) is 31. The minimum absolute atomic E-state index is 0.0242. The number of likely N-dealkylation sites (N-methyl/N-ethyl adjacent to an activating group) is 1. The third-order valence-electron chi connectivity index (χ3n) is 17.4. The van der Waals surface area contributed by atoms with Crippen molar-refractivity contribution in [3.63, 3.8) is 0 Å². The number of phosphoric ester groups is 1. The number of rotatable bonds is 75. The van der Waals surface area contributed by atoms with Crippen LogP contribution in [0, 0.1) is 0 Å². The molecule has 9 nitrogen and oxygen atoms in total. The zero-order valence-corrected chi connectivity index (χ0v) is 67.2. The maximum atomic E-state index is 12.9. The number of ether oxygens (including phenoxy) is 2. The molecule has 2 unspecified atom stereocenters. The summed E-state index contributed by atoms with van der Waals surface area (Å²) in [6.07, 6.45) is 123. The van der Waals surface area contributed by atoms with Crippen LogP contribution in [0.4, 0.5) is 0 Å². The lowest BCUT2D eigenvalue weighted by atomic mass is 10.0. The molecule has 580 valence electrons. The molecule has 0 aliphatic rings. The van der Waals surface area contributed by atoms with Gasteiger partial charge in [-0.3, -0.25) is 18.6 Å². The van der Waals surface area contributed by atoms with E-state index in [0.717, 1.165) is 141 Å². The largest absolute Gasteiger partial charge is 0.472 e. The molecule has 1 N–H and O–H groups in total. The lowest BCUT2D eigenvalue weighted by Gasteiger charge is -2.24. The van der Waals surface area contributed by atoms with Crippen LogP contribution in [0.25, 0.3) is 0 Å². The second kappa shape index (κ2) is 80.2. The van der Waals surface area contributed by atoms with Crippen molar-refractivity contribution in [2.45, 2.75) is 341 Å². The number of hydrogen-bond acceptors (Lipinski definition) is 7. The molecule has 0 fully saturated rings. The van der Waals surface area contributed by atoms with Crippen LogP contribution in [0.2, 0.25) is 0 Å². The van der Waals surface area contributed by atoms with Gasteiger partial charge in [0, 0.05) is 12.8 Å². The number of esters is 2. The molecule has 0 aromatic rings. The highest BCUT2D eigenvalue weighted by molar-refractivity contribution is 7.47. The molecular formula is C92H155NO8P+. The molecule has 0 bridgehead atoms. The first-order valence-electron chi connectivity index (χ1n) is 41.5. The van der Waals surface area contributed by atoms with E-state index < -0.39 is 26.5 Å². The highest BCUT2D eigenvalue weighted by Gasteiger charge is 2.27. The number of phosphoric acid groups is 1. The van der Waals surface area contributed by atoms with Crippen molar-refractivity contribution >= 4 is 19.8 Å². The smallest absolute Gasteiger partial charge is 0.462 e. The van der Waals surface area contributed by atoms with Crippen LogP contribution in [0.1, 0.15) is 335 Å². The summed E-state index contributed by atoms with van der Waals surface area (Å²) in [4.78, 5) is 36.0. The van der Waals surface area contributed by atoms with E-state index in [9.17, 15) is 19.0 Å². The molecule has 0 aromatic heterocycles. The van der Waals surface area contributed by atoms with Crippen molar-refractivity contribution in [3.05, 3.63) is 182 Å². The van der Waals surface area contributed by atoms with E-state index in [1.807, 2.05) is 21.1 Å². The first kappa shape index (κ1) is 97.1. The van der Waals surface area contributed by atoms with Gasteiger partial charge < -0.3 is 18.9 Å². The quantitative estimate of drug-likeness (QED) is 0.0211. The third-order valence-corrected chi connectivity index (χ3v) is 18.4. The Kier molecular flexibility index (Phi) is 76.4. The van der Waals surface area contributed by atoms with Gasteiger partial charge in [-0.25, -0.2) is 4.57 Å². The topological polar surface area (TPSA) is 108 Å². The summed E-state index contributed by atoms with van der Waals surface area (Å²) in [5.74, 6) is -0.802. The Hall–Kier alpha value is -4.89. The molecule has 0 aliphatic heterocycles. The summed E-state index contributed by atoms with van der Waals surface area (Å²) in [7, 11) is 1.47. The molecule has 0 radical (unpaired) electrons. The number of carbonyl (C=O) groups is 2. The second-order valence-electron chi connectivity index (χ2n) is 28.4. The summed E-state index contributed by atoms with van der Waals surface area (Å²) in [6, 6.07) is 0. The van der Waals surface area contributed by atoms with Crippen LogP contribution < -0.4 is 0 Å². The standard InChI is InChI=1S/C92H154NO8P/c1-6-8-10-12-14-16-18-20-22-24-26-28-30-32-34-36-38-40-42-44-45-46-47-49-50-52-54-56-58-60-62-64-66-68-70-72-74-76-78-80-82-84-91(94)98-88-90(89-100-102(96,97)99-87-86-93(3,4)5)101-92(95)85-83-81-79-77-75-73-71-69-67-65-63-61-59-57-55-53-51-48-43-41-39-37-35-33-31-29-27-25-23-21-19-17-15-13-11-9-7-2/h8-11,14-17,20-23,26-29,32-35,38-41,48,51,55,57,61,63,90H,6-7,12-13,18-19,24-25,30-31,36-37,42-47,49-50,52-54,56,58-60,62,64-89H2,1-5H3/p+1/b10-8-,11-9-,16-14-,17-15-,22-20-,23-21-,28-26-,29-27-,34-32-,35-33-,40-38-,41-39-,51-48-,57-55-,63-61-. The summed E-state index contributed by atoms with van der Waals surface area (Å²) < 4.78 is 34.8. The minimum atomic E-state index is -4.41. The van der Waals surface area contributed by atoms with Gasteiger partial charge in [0.2, 0.25) is 0 Å². The van der Waals surface area contributed by atoms with E-state index in [-0.39, 0.29) is 32.0 Å². The van der Waals surface area contributed by atoms with Gasteiger partial charge >= 0.3 is 19.8 Å². The predicted molar refractivity (Wildman–Crippen MR) is 445 cm³/mol. The molecule has 10 heteroatoms. The maximum absolute atomic E-state index is 12.9. The molecule has 0 aliphatic carbocycles. The predicted octanol–water partition coefficient (Wildman–Crippen LogP) is 28.2. The van der Waals surface area contributed by atoms with Crippen molar-refractivity contribution in [2.75, 3.05) is 47.5 Å². The molecule has 0 aromatic carbocycles. The Morgan fingerprint density at radius 1 is 0.304 bits per heavy atom. The molecule has 0 saturated heterocycles. The van der Waals surface area contributed by atoms with Crippen LogP contribution >= 0.6 is 7.82 Å². The third kappa shape index (κ3) is 84.1. The van der Waals surface area contributed by atoms with Gasteiger partial charge in [0.05, 0.1) is 27.7 Å². The minimum Gasteiger partial charge on any atom is -0.462 e. The molecule has 0 amide bonds. The van der Waals surface area contributed by atoms with E-state index in [1.54, 1.807) is 0 Å². The first-order chi connectivity index (χ1) is 50.0. The Morgan fingerprint density at radius 2 is 0.529 bits per heavy atom. The van der Waals surface area contributed by atoms with Crippen molar-refractivity contribution in [1.82, 2.24) is 0 Å². The van der Waals surface area contributed by atoms with E-state index in [1.165, 1.54) is 161 Å². The Labute approximate surface area is 629 Å². The van der Waals surface area contributed by atoms with Crippen molar-refractivity contribution in [2.24, 2.45) is 0 Å². The molecule has 0 spiro atoms. The van der Waals surface area contributed by atoms with E-state index in [0.29, 0.717) is 17.4 Å². The molecule has 2 atom stereocenters. The fraction of sp³-hybridized carbons (Fsp3) is 0.652. The first-order valence-corrected chi connectivity index (χ1v) is 43.0. The number of carbonyl (C=O) groups excluding carboxylic acids is 2. The van der Waals surface area contributed by atoms with Crippen LogP contribution in [-0.2, 0) is 32.7 Å². The summed E-state index contributed by atoms with van der Waals surface area (Å²) >= 11 is 0. The van der Waals surface area contributed by atoms with Crippen LogP contribution in [-0.4, -0.2) is 74.9 Å². The van der Waals surface area contributed by atoms with Crippen molar-refractivity contribution in [3.8, 4) is 0 Å². The zero-order chi connectivity index (χ0) is 74.0. The van der Waals surface area contributed by atoms with Gasteiger partial charge in [-0.05, 0) is 135 Å². The average molecular weight is 1430 g/mol. The van der Waals surface area contributed by atoms with Gasteiger partial charge in [0.1, 0.15) is 19.8 Å². The Morgan fingerprint density at radius 3 is 0.784 bits per heavy atom. The maximum Gasteiger partial charge on any atom is 0.472 e. The van der Waals surface area contributed by atoms with Crippen LogP contribution in [0.3, 0.4) is 0 Å². The highest BCUT2D eigenvalue weighted by Crippen LogP contribution is 2.43. The highest BCUT2D eigenvalue weighted by atomic mass is 31.2. The summed E-state index contributed by atoms with van der Waals surface area (Å²) in [5, 5.41) is 0. The van der Waals surface area contributed by atoms with Crippen LogP contribution in [0.15, 0.2) is 182 Å². The Bertz CT molecular complexity index is 2390. The average Bonchev–Trinajstić information content (AvgIpc) is 0.913. The fourth-order valence-corrected chi connectivity index (χ4v) is 11.9. The van der Waals surface area contributed by atoms with Crippen LogP contribution in [0.5, 0.6) is 0 Å². The lowest BCUT2D eigenvalue weighted by molar-refractivity contribution is -0.870. The van der Waals surface area contributed by atoms with E-state index >= 15 is 0 Å². The summed E-state index contributed by atoms with van der Waals surface area (Å²) in [5.41, 5.74) is 0. The monoisotopic (exact) mass is 1430 g/mol. The molecule has 0 heterocycles. The number of allylic oxidation sites excluding steroid dienone is 30. The zero-order valence-electron chi connectivity index (χ0n) is 66.3. The molecular weight excluding hydrogens is 1280 g/mol. The second-order valence-corrected chi connectivity index (χ2v) is 29.8. The normalized spacial score (nSPS) is 14.0. The van der Waals surface area contributed by atoms with Gasteiger partial charge in [0.15, 0.2) is 6.10 Å². The fourth-order valence-electron chi connectivity index (χ4n) is 11.2. The van der Waals surface area contributed by atoms with E-state index in [4.69, 9.17) is 18.5 Å². The molecule has 0 rings (SSSR count).